The fourth-order valence-corrected chi connectivity index (χ4v) is 4.67. The number of benzene rings is 1. The van der Waals surface area contributed by atoms with E-state index >= 15 is 0 Å². The number of nitrogens with zero attached hydrogens (tertiary/aromatic N) is 1. The van der Waals surface area contributed by atoms with Gasteiger partial charge in [-0.15, -0.1) is 0 Å². The minimum absolute atomic E-state index is 0.0788. The fraction of sp³-hybridized carbons (Fsp3) is 0.632. The molecular weight excluding hydrogens is 352 g/mol. The second kappa shape index (κ2) is 8.39. The molecule has 1 atom stereocenters. The smallest absolute Gasteiger partial charge is 0.321 e. The molecule has 0 saturated carbocycles. The van der Waals surface area contributed by atoms with E-state index in [0.29, 0.717) is 36.4 Å². The zero-order chi connectivity index (χ0) is 18.6. The number of rotatable bonds is 4. The summed E-state index contributed by atoms with van der Waals surface area (Å²) in [6.07, 6.45) is 7.00. The molecule has 2 heterocycles. The normalized spacial score (nSPS) is 22.2. The molecule has 6 nitrogen and oxygen atoms in total. The SMILES string of the molecule is CS(=O)(=O)Cc1ccccc1NC(=O)N1CCC(C2CCCCO2)CC1. The van der Waals surface area contributed by atoms with Crippen molar-refractivity contribution in [2.75, 3.05) is 31.3 Å². The number of anilines is 1. The lowest BCUT2D eigenvalue weighted by atomic mass is 9.87. The van der Waals surface area contributed by atoms with Gasteiger partial charge in [-0.2, -0.15) is 0 Å². The average molecular weight is 381 g/mol. The van der Waals surface area contributed by atoms with Crippen molar-refractivity contribution < 1.29 is 17.9 Å². The van der Waals surface area contributed by atoms with Gasteiger partial charge in [0.25, 0.3) is 0 Å². The van der Waals surface area contributed by atoms with Crippen LogP contribution in [0.25, 0.3) is 0 Å². The second-order valence-electron chi connectivity index (χ2n) is 7.39. The molecule has 0 aromatic heterocycles. The van der Waals surface area contributed by atoms with E-state index in [9.17, 15) is 13.2 Å². The molecular formula is C19H28N2O4S. The number of piperidine rings is 1. The zero-order valence-corrected chi connectivity index (χ0v) is 16.1. The van der Waals surface area contributed by atoms with Crippen molar-refractivity contribution in [3.05, 3.63) is 29.8 Å². The van der Waals surface area contributed by atoms with Crippen molar-refractivity contribution in [1.82, 2.24) is 4.90 Å². The van der Waals surface area contributed by atoms with Gasteiger partial charge >= 0.3 is 6.03 Å². The maximum Gasteiger partial charge on any atom is 0.321 e. The van der Waals surface area contributed by atoms with E-state index in [-0.39, 0.29) is 11.8 Å². The van der Waals surface area contributed by atoms with Crippen molar-refractivity contribution in [1.29, 1.82) is 0 Å². The van der Waals surface area contributed by atoms with Crippen molar-refractivity contribution in [3.63, 3.8) is 0 Å². The molecule has 2 fully saturated rings. The van der Waals surface area contributed by atoms with E-state index < -0.39 is 9.84 Å². The number of urea groups is 1. The molecule has 0 aliphatic carbocycles. The first-order valence-corrected chi connectivity index (χ1v) is 11.4. The summed E-state index contributed by atoms with van der Waals surface area (Å²) in [6, 6.07) is 6.92. The summed E-state index contributed by atoms with van der Waals surface area (Å²) >= 11 is 0. The molecule has 0 bridgehead atoms. The largest absolute Gasteiger partial charge is 0.378 e. The van der Waals surface area contributed by atoms with E-state index in [4.69, 9.17) is 4.74 Å². The maximum absolute atomic E-state index is 12.6. The highest BCUT2D eigenvalue weighted by atomic mass is 32.2. The molecule has 3 rings (SSSR count). The van der Waals surface area contributed by atoms with Crippen LogP contribution in [0.5, 0.6) is 0 Å². The molecule has 2 amide bonds. The highest BCUT2D eigenvalue weighted by molar-refractivity contribution is 7.89. The topological polar surface area (TPSA) is 75.7 Å². The Balaban J connectivity index is 1.56. The zero-order valence-electron chi connectivity index (χ0n) is 15.3. The first-order chi connectivity index (χ1) is 12.4. The van der Waals surface area contributed by atoms with Gasteiger partial charge < -0.3 is 15.0 Å². The maximum atomic E-state index is 12.6. The van der Waals surface area contributed by atoms with Gasteiger partial charge in [-0.3, -0.25) is 0 Å². The first kappa shape index (κ1) is 19.2. The fourth-order valence-electron chi connectivity index (χ4n) is 3.86. The third-order valence-electron chi connectivity index (χ3n) is 5.24. The highest BCUT2D eigenvalue weighted by Crippen LogP contribution is 2.29. The average Bonchev–Trinajstić information content (AvgIpc) is 2.63. The van der Waals surface area contributed by atoms with Crippen LogP contribution in [0.2, 0.25) is 0 Å². The predicted molar refractivity (Wildman–Crippen MR) is 102 cm³/mol. The van der Waals surface area contributed by atoms with Crippen LogP contribution in [0.1, 0.15) is 37.7 Å². The van der Waals surface area contributed by atoms with Gasteiger partial charge in [0.2, 0.25) is 0 Å². The molecule has 2 aliphatic rings. The number of para-hydroxylation sites is 1. The molecule has 0 spiro atoms. The number of ether oxygens (including phenoxy) is 1. The van der Waals surface area contributed by atoms with Gasteiger partial charge in [-0.05, 0) is 49.7 Å². The van der Waals surface area contributed by atoms with Crippen LogP contribution in [-0.2, 0) is 20.3 Å². The highest BCUT2D eigenvalue weighted by Gasteiger charge is 2.30. The second-order valence-corrected chi connectivity index (χ2v) is 9.53. The van der Waals surface area contributed by atoms with Gasteiger partial charge in [0.15, 0.2) is 9.84 Å². The third kappa shape index (κ3) is 5.20. The minimum Gasteiger partial charge on any atom is -0.378 e. The number of sulfone groups is 1. The summed E-state index contributed by atoms with van der Waals surface area (Å²) < 4.78 is 29.1. The molecule has 1 N–H and O–H groups in total. The molecule has 144 valence electrons. The molecule has 0 radical (unpaired) electrons. The van der Waals surface area contributed by atoms with Gasteiger partial charge in [0.1, 0.15) is 0 Å². The Morgan fingerprint density at radius 3 is 2.58 bits per heavy atom. The summed E-state index contributed by atoms with van der Waals surface area (Å²) in [5.41, 5.74) is 1.19. The molecule has 2 saturated heterocycles. The van der Waals surface area contributed by atoms with Crippen LogP contribution in [0.4, 0.5) is 10.5 Å². The number of hydrogen-bond donors (Lipinski definition) is 1. The minimum atomic E-state index is -3.16. The van der Waals surface area contributed by atoms with Crippen LogP contribution in [-0.4, -0.2) is 51.4 Å². The van der Waals surface area contributed by atoms with Crippen LogP contribution >= 0.6 is 0 Å². The Labute approximate surface area is 155 Å². The van der Waals surface area contributed by atoms with Crippen molar-refractivity contribution in [2.45, 2.75) is 44.0 Å². The number of amides is 2. The quantitative estimate of drug-likeness (QED) is 0.871. The van der Waals surface area contributed by atoms with E-state index in [1.807, 2.05) is 4.90 Å². The van der Waals surface area contributed by atoms with E-state index in [1.165, 1.54) is 12.7 Å². The molecule has 7 heteroatoms. The van der Waals surface area contributed by atoms with Gasteiger partial charge in [-0.1, -0.05) is 18.2 Å². The van der Waals surface area contributed by atoms with E-state index in [2.05, 4.69) is 5.32 Å². The Hall–Kier alpha value is -1.60. The van der Waals surface area contributed by atoms with Gasteiger partial charge in [0, 0.05) is 31.6 Å². The van der Waals surface area contributed by atoms with Crippen molar-refractivity contribution >= 4 is 21.6 Å². The molecule has 2 aliphatic heterocycles. The number of carbonyl (C=O) groups excluding carboxylic acids is 1. The van der Waals surface area contributed by atoms with E-state index in [0.717, 1.165) is 32.3 Å². The number of likely N-dealkylation sites (tertiary alicyclic amines) is 1. The summed E-state index contributed by atoms with van der Waals surface area (Å²) in [5, 5.41) is 2.89. The molecule has 1 unspecified atom stereocenters. The van der Waals surface area contributed by atoms with Crippen LogP contribution in [0.15, 0.2) is 24.3 Å². The Morgan fingerprint density at radius 1 is 1.19 bits per heavy atom. The Morgan fingerprint density at radius 2 is 1.92 bits per heavy atom. The van der Waals surface area contributed by atoms with Crippen LogP contribution < -0.4 is 5.32 Å². The first-order valence-electron chi connectivity index (χ1n) is 9.35. The number of hydrogen-bond acceptors (Lipinski definition) is 4. The standard InChI is InChI=1S/C19H28N2O4S/c1-26(23,24)14-16-6-2-3-7-17(16)20-19(22)21-11-9-15(10-12-21)18-8-4-5-13-25-18/h2-3,6-7,15,18H,4-5,8-14H2,1H3,(H,20,22). The van der Waals surface area contributed by atoms with Gasteiger partial charge in [0.05, 0.1) is 11.9 Å². The Kier molecular flexibility index (Phi) is 6.19. The lowest BCUT2D eigenvalue weighted by Crippen LogP contribution is -2.44. The molecule has 26 heavy (non-hydrogen) atoms. The van der Waals surface area contributed by atoms with E-state index in [1.54, 1.807) is 24.3 Å². The predicted octanol–water partition coefficient (Wildman–Crippen LogP) is 3.04. The van der Waals surface area contributed by atoms with Gasteiger partial charge in [-0.25, -0.2) is 13.2 Å². The molecule has 1 aromatic carbocycles. The third-order valence-corrected chi connectivity index (χ3v) is 6.08. The van der Waals surface area contributed by atoms with Crippen LogP contribution in [0, 0.1) is 5.92 Å². The lowest BCUT2D eigenvalue weighted by molar-refractivity contribution is -0.0345. The van der Waals surface area contributed by atoms with Crippen molar-refractivity contribution in [3.8, 4) is 0 Å². The summed E-state index contributed by atoms with van der Waals surface area (Å²) in [6.45, 7) is 2.29. The lowest BCUT2D eigenvalue weighted by Gasteiger charge is -2.37. The summed E-state index contributed by atoms with van der Waals surface area (Å²) in [7, 11) is -3.16. The number of nitrogens with one attached hydrogen (secondary N) is 1. The van der Waals surface area contributed by atoms with Crippen LogP contribution in [0.3, 0.4) is 0 Å². The summed E-state index contributed by atoms with van der Waals surface area (Å²) in [4.78, 5) is 14.4. The van der Waals surface area contributed by atoms with Crippen molar-refractivity contribution in [2.24, 2.45) is 5.92 Å². The number of carbonyl (C=O) groups is 1. The summed E-state index contributed by atoms with van der Waals surface area (Å²) in [5.74, 6) is 0.460. The monoisotopic (exact) mass is 380 g/mol. The molecule has 1 aromatic rings. The Bertz CT molecular complexity index is 721.